The maximum Gasteiger partial charge on any atom is 0.545 e. The smallest absolute Gasteiger partial charge is 0.390 e. The lowest BCUT2D eigenvalue weighted by Crippen LogP contribution is -2.43. The molecule has 2 unspecified atom stereocenters. The van der Waals surface area contributed by atoms with Crippen molar-refractivity contribution in [2.75, 3.05) is 13.2 Å². The Bertz CT molecular complexity index is 480. The topological polar surface area (TPSA) is 108 Å². The second-order valence-corrected chi connectivity index (χ2v) is 6.51. The predicted octanol–water partition coefficient (Wildman–Crippen LogP) is 1.26. The molecule has 0 bridgehead atoms. The van der Waals surface area contributed by atoms with Crippen molar-refractivity contribution in [1.82, 2.24) is 5.48 Å². The molecule has 7 nitrogen and oxygen atoms in total. The zero-order valence-electron chi connectivity index (χ0n) is 13.4. The van der Waals surface area contributed by atoms with Gasteiger partial charge >= 0.3 is 13.9 Å². The van der Waals surface area contributed by atoms with Gasteiger partial charge in [0.2, 0.25) is 0 Å². The molecule has 0 saturated carbocycles. The van der Waals surface area contributed by atoms with Gasteiger partial charge in [-0.1, -0.05) is 30.3 Å². The molecule has 0 spiro atoms. The first-order valence-corrected chi connectivity index (χ1v) is 8.86. The maximum atomic E-state index is 13.6. The third-order valence-electron chi connectivity index (χ3n) is 3.19. The highest BCUT2D eigenvalue weighted by Gasteiger charge is 2.37. The van der Waals surface area contributed by atoms with Crippen LogP contribution in [0.15, 0.2) is 30.3 Å². The van der Waals surface area contributed by atoms with Crippen molar-refractivity contribution in [2.24, 2.45) is 0 Å². The van der Waals surface area contributed by atoms with Gasteiger partial charge < -0.3 is 15.3 Å². The molecule has 136 valence electrons. The van der Waals surface area contributed by atoms with E-state index in [2.05, 4.69) is 10.0 Å². The quantitative estimate of drug-likeness (QED) is 0.251. The number of benzene rings is 1. The number of rotatable bonds is 12. The van der Waals surface area contributed by atoms with Gasteiger partial charge in [0.05, 0.1) is 31.8 Å². The first kappa shape index (κ1) is 21.1. The van der Waals surface area contributed by atoms with Gasteiger partial charge in [0, 0.05) is 6.54 Å². The van der Waals surface area contributed by atoms with Gasteiger partial charge in [0.15, 0.2) is 0 Å². The Hall–Kier alpha value is -0.990. The van der Waals surface area contributed by atoms with Crippen LogP contribution < -0.4 is 5.48 Å². The Morgan fingerprint density at radius 2 is 1.88 bits per heavy atom. The summed E-state index contributed by atoms with van der Waals surface area (Å²) >= 11 is 0. The lowest BCUT2D eigenvalue weighted by molar-refractivity contribution is -0.0824. The van der Waals surface area contributed by atoms with Crippen LogP contribution in [0.5, 0.6) is 0 Å². The van der Waals surface area contributed by atoms with E-state index in [1.54, 1.807) is 6.92 Å². The number of hydrogen-bond acceptors (Lipinski definition) is 7. The molecule has 1 rings (SSSR count). The summed E-state index contributed by atoms with van der Waals surface area (Å²) in [6.07, 6.45) is -5.17. The van der Waals surface area contributed by atoms with Gasteiger partial charge in [0.1, 0.15) is 6.10 Å². The average Bonchev–Trinajstić information content (AvgIpc) is 2.58. The monoisotopic (exact) mass is 364 g/mol. The molecule has 0 aliphatic rings. The molecule has 24 heavy (non-hydrogen) atoms. The predicted molar refractivity (Wildman–Crippen MR) is 86.0 cm³/mol. The summed E-state index contributed by atoms with van der Waals surface area (Å²) < 4.78 is 29.4. The van der Waals surface area contributed by atoms with Gasteiger partial charge in [-0.15, -0.1) is 4.52 Å². The summed E-state index contributed by atoms with van der Waals surface area (Å²) in [7, 11) is -2.57. The Balaban J connectivity index is 2.27. The molecule has 0 aliphatic carbocycles. The average molecular weight is 364 g/mol. The molecule has 0 saturated heterocycles. The van der Waals surface area contributed by atoms with Crippen LogP contribution in [0.1, 0.15) is 18.9 Å². The second-order valence-electron chi connectivity index (χ2n) is 5.12. The largest absolute Gasteiger partial charge is 0.545 e. The first-order valence-electron chi connectivity index (χ1n) is 7.61. The first-order chi connectivity index (χ1) is 11.5. The zero-order valence-corrected chi connectivity index (χ0v) is 14.3. The molecule has 0 heterocycles. The molecule has 0 amide bonds. The van der Waals surface area contributed by atoms with Crippen LogP contribution in [0.25, 0.3) is 0 Å². The van der Waals surface area contributed by atoms with Gasteiger partial charge in [-0.3, -0.25) is 4.84 Å². The minimum absolute atomic E-state index is 0.0829. The molecule has 1 aromatic carbocycles. The molecule has 1 aromatic rings. The van der Waals surface area contributed by atoms with Crippen LogP contribution in [-0.2, 0) is 20.5 Å². The lowest BCUT2D eigenvalue weighted by Gasteiger charge is -2.22. The van der Waals surface area contributed by atoms with Crippen LogP contribution in [-0.4, -0.2) is 52.7 Å². The van der Waals surface area contributed by atoms with E-state index < -0.39 is 38.7 Å². The third-order valence-corrected chi connectivity index (χ3v) is 4.37. The Labute approximate surface area is 141 Å². The fraction of sp³-hybridized carbons (Fsp3) is 0.600. The number of halogens is 1. The minimum Gasteiger partial charge on any atom is -0.390 e. The van der Waals surface area contributed by atoms with E-state index in [4.69, 9.17) is 4.84 Å². The number of hydroxylamine groups is 1. The van der Waals surface area contributed by atoms with E-state index >= 15 is 0 Å². The number of aliphatic hydroxyl groups is 3. The molecular formula is C15H24FNO6P+. The van der Waals surface area contributed by atoms with Crippen LogP contribution >= 0.6 is 8.03 Å². The summed E-state index contributed by atoms with van der Waals surface area (Å²) in [6.45, 7) is 1.74. The van der Waals surface area contributed by atoms with Crippen LogP contribution in [0.2, 0.25) is 0 Å². The number of alkyl halides is 1. The summed E-state index contributed by atoms with van der Waals surface area (Å²) in [5.74, 6) is -1.92. The summed E-state index contributed by atoms with van der Waals surface area (Å²) in [5.41, 5.74) is 3.39. The molecular weight excluding hydrogens is 340 g/mol. The van der Waals surface area contributed by atoms with Crippen molar-refractivity contribution < 1.29 is 33.6 Å². The van der Waals surface area contributed by atoms with E-state index in [0.717, 1.165) is 5.56 Å². The third kappa shape index (κ3) is 7.72. The number of nitrogens with one attached hydrogen (secondary N) is 1. The Morgan fingerprint density at radius 3 is 2.50 bits per heavy atom. The molecule has 0 aromatic heterocycles. The van der Waals surface area contributed by atoms with E-state index in [9.17, 15) is 24.3 Å². The van der Waals surface area contributed by atoms with Gasteiger partial charge in [-0.05, 0) is 17.1 Å². The highest BCUT2D eigenvalue weighted by molar-refractivity contribution is 7.39. The molecule has 4 N–H and O–H groups in total. The van der Waals surface area contributed by atoms with Crippen molar-refractivity contribution >= 4 is 8.03 Å². The van der Waals surface area contributed by atoms with Crippen LogP contribution in [0.4, 0.5) is 4.39 Å². The standard InChI is InChI=1S/C15H24FNO6P/c1-2-23-24(21)14(16)8-12(18)15(20)13(19)9-17-22-10-11-6-4-3-5-7-11/h3-7,12-15,17-20H,2,8-10H2,1H3/q+1/t12-,13+,14?,15-/m1/s1. The highest BCUT2D eigenvalue weighted by atomic mass is 31.1. The number of hydrogen-bond donors (Lipinski definition) is 4. The van der Waals surface area contributed by atoms with Crippen molar-refractivity contribution in [1.29, 1.82) is 0 Å². The molecule has 0 radical (unpaired) electrons. The van der Waals surface area contributed by atoms with Crippen molar-refractivity contribution in [2.45, 2.75) is 44.2 Å². The van der Waals surface area contributed by atoms with E-state index in [1.807, 2.05) is 30.3 Å². The van der Waals surface area contributed by atoms with Crippen LogP contribution in [0.3, 0.4) is 0 Å². The highest BCUT2D eigenvalue weighted by Crippen LogP contribution is 2.33. The Morgan fingerprint density at radius 1 is 1.21 bits per heavy atom. The number of aliphatic hydroxyl groups excluding tert-OH is 3. The molecule has 0 fully saturated rings. The Kier molecular flexibility index (Phi) is 10.1. The van der Waals surface area contributed by atoms with Crippen molar-refractivity contribution in [3.05, 3.63) is 35.9 Å². The lowest BCUT2D eigenvalue weighted by atomic mass is 10.1. The molecule has 5 atom stereocenters. The minimum atomic E-state index is -2.57. The van der Waals surface area contributed by atoms with Crippen LogP contribution in [0, 0.1) is 0 Å². The van der Waals surface area contributed by atoms with E-state index in [1.165, 1.54) is 0 Å². The SMILES string of the molecule is CCO[P+](=O)C(F)C[C@@H](O)[C@@H](O)[C@@H](O)CNOCc1ccccc1. The van der Waals surface area contributed by atoms with Gasteiger partial charge in [0.25, 0.3) is 0 Å². The fourth-order valence-corrected chi connectivity index (χ4v) is 2.67. The zero-order chi connectivity index (χ0) is 17.9. The maximum absolute atomic E-state index is 13.6. The summed E-state index contributed by atoms with van der Waals surface area (Å²) in [6, 6.07) is 9.30. The van der Waals surface area contributed by atoms with Gasteiger partial charge in [-0.25, -0.2) is 0 Å². The van der Waals surface area contributed by atoms with Gasteiger partial charge in [-0.2, -0.15) is 9.87 Å². The van der Waals surface area contributed by atoms with Crippen molar-refractivity contribution in [3.8, 4) is 0 Å². The van der Waals surface area contributed by atoms with E-state index in [0.29, 0.717) is 0 Å². The second kappa shape index (κ2) is 11.5. The molecule has 0 aliphatic heterocycles. The van der Waals surface area contributed by atoms with E-state index in [-0.39, 0.29) is 19.8 Å². The normalized spacial score (nSPS) is 17.1. The van der Waals surface area contributed by atoms with Crippen molar-refractivity contribution in [3.63, 3.8) is 0 Å². The summed E-state index contributed by atoms with van der Waals surface area (Å²) in [5, 5.41) is 29.2. The molecule has 9 heteroatoms. The fourth-order valence-electron chi connectivity index (χ4n) is 1.86. The summed E-state index contributed by atoms with van der Waals surface area (Å²) in [4.78, 5) is 5.13.